The Kier molecular flexibility index (Phi) is 4.88. The summed E-state index contributed by atoms with van der Waals surface area (Å²) in [5.74, 6) is 0. The number of nitrogens with zero attached hydrogens (tertiary/aromatic N) is 10. The fourth-order valence-corrected chi connectivity index (χ4v) is 3.38. The molecule has 0 aliphatic carbocycles. The molecular weight excluding hydrogens is 400 g/mol. The normalized spacial score (nSPS) is 11.5. The van der Waals surface area contributed by atoms with E-state index in [4.69, 9.17) is 9.72 Å². The lowest BCUT2D eigenvalue weighted by Gasteiger charge is -2.05. The van der Waals surface area contributed by atoms with Gasteiger partial charge in [-0.25, -0.2) is 19.2 Å². The van der Waals surface area contributed by atoms with E-state index in [9.17, 15) is 4.91 Å². The molecule has 0 aromatic carbocycles. The Morgan fingerprint density at radius 2 is 2.13 bits per heavy atom. The molecule has 12 heteroatoms. The SMILES string of the molecule is COCc1cnn2ccc(Cn3nnc4ncc(-c5cnn(CCN=O)c5)nc43)cc12. The fourth-order valence-electron chi connectivity index (χ4n) is 3.38. The second kappa shape index (κ2) is 7.99. The number of hydrogen-bond acceptors (Lipinski definition) is 9. The van der Waals surface area contributed by atoms with Crippen LogP contribution in [0.2, 0.25) is 0 Å². The standard InChI is InChI=1S/C19H18N10O2/c1-31-12-15-8-22-28-4-2-13(6-17(15)28)10-29-19-18(25-26-29)20-9-16(24-19)14-7-21-27(11-14)5-3-23-30/h2,4,6-9,11H,3,5,10,12H2,1H3. The zero-order valence-corrected chi connectivity index (χ0v) is 16.7. The molecule has 156 valence electrons. The largest absolute Gasteiger partial charge is 0.380 e. The van der Waals surface area contributed by atoms with Crippen molar-refractivity contribution in [2.45, 2.75) is 19.7 Å². The smallest absolute Gasteiger partial charge is 0.221 e. The highest BCUT2D eigenvalue weighted by Crippen LogP contribution is 2.19. The van der Waals surface area contributed by atoms with Crippen molar-refractivity contribution >= 4 is 16.8 Å². The molecule has 0 saturated heterocycles. The van der Waals surface area contributed by atoms with E-state index in [0.717, 1.165) is 22.2 Å². The van der Waals surface area contributed by atoms with Gasteiger partial charge in [-0.3, -0.25) is 4.68 Å². The highest BCUT2D eigenvalue weighted by molar-refractivity contribution is 5.69. The first kappa shape index (κ1) is 18.9. The van der Waals surface area contributed by atoms with Crippen molar-refractivity contribution in [3.05, 3.63) is 59.2 Å². The molecule has 0 saturated carbocycles. The number of nitroso groups, excluding NO2 is 1. The van der Waals surface area contributed by atoms with E-state index in [1.54, 1.807) is 41.3 Å². The van der Waals surface area contributed by atoms with Crippen LogP contribution in [0.15, 0.2) is 48.3 Å². The summed E-state index contributed by atoms with van der Waals surface area (Å²) in [4.78, 5) is 19.4. The first-order chi connectivity index (χ1) is 15.2. The fraction of sp³-hybridized carbons (Fsp3) is 0.263. The Morgan fingerprint density at radius 3 is 3.00 bits per heavy atom. The lowest BCUT2D eigenvalue weighted by Crippen LogP contribution is -2.04. The average molecular weight is 418 g/mol. The van der Waals surface area contributed by atoms with Crippen molar-refractivity contribution < 1.29 is 4.74 Å². The quantitative estimate of drug-likeness (QED) is 0.348. The van der Waals surface area contributed by atoms with Crippen LogP contribution in [0.5, 0.6) is 0 Å². The number of aromatic nitrogens is 9. The van der Waals surface area contributed by atoms with Crippen molar-refractivity contribution in [2.75, 3.05) is 13.7 Å². The molecule has 0 bridgehead atoms. The molecule has 5 aromatic rings. The summed E-state index contributed by atoms with van der Waals surface area (Å²) in [6, 6.07) is 4.03. The summed E-state index contributed by atoms with van der Waals surface area (Å²) in [6.07, 6.45) is 8.83. The predicted molar refractivity (Wildman–Crippen MR) is 110 cm³/mol. The van der Waals surface area contributed by atoms with Gasteiger partial charge in [0, 0.05) is 30.6 Å². The zero-order chi connectivity index (χ0) is 21.2. The molecule has 5 rings (SSSR count). The van der Waals surface area contributed by atoms with Gasteiger partial charge in [0.25, 0.3) is 0 Å². The second-order valence-electron chi connectivity index (χ2n) is 6.96. The van der Waals surface area contributed by atoms with Crippen molar-refractivity contribution in [1.29, 1.82) is 0 Å². The molecule has 12 nitrogen and oxygen atoms in total. The van der Waals surface area contributed by atoms with E-state index in [0.29, 0.717) is 36.7 Å². The van der Waals surface area contributed by atoms with Gasteiger partial charge in [0.05, 0.1) is 49.5 Å². The molecule has 0 aliphatic heterocycles. The highest BCUT2D eigenvalue weighted by Gasteiger charge is 2.13. The second-order valence-corrected chi connectivity index (χ2v) is 6.96. The van der Waals surface area contributed by atoms with E-state index < -0.39 is 0 Å². The zero-order valence-electron chi connectivity index (χ0n) is 16.7. The Balaban J connectivity index is 1.46. The number of fused-ring (bicyclic) bond motifs is 2. The molecule has 31 heavy (non-hydrogen) atoms. The van der Waals surface area contributed by atoms with Gasteiger partial charge in [0.1, 0.15) is 6.54 Å². The first-order valence-corrected chi connectivity index (χ1v) is 9.57. The maximum absolute atomic E-state index is 10.3. The van der Waals surface area contributed by atoms with Gasteiger partial charge >= 0.3 is 0 Å². The van der Waals surface area contributed by atoms with Crippen LogP contribution < -0.4 is 0 Å². The molecule has 5 aromatic heterocycles. The van der Waals surface area contributed by atoms with E-state index >= 15 is 0 Å². The molecule has 0 unspecified atom stereocenters. The highest BCUT2D eigenvalue weighted by atomic mass is 16.5. The van der Waals surface area contributed by atoms with Crippen LogP contribution >= 0.6 is 0 Å². The average Bonchev–Trinajstić information content (AvgIpc) is 3.52. The van der Waals surface area contributed by atoms with Crippen LogP contribution in [0.1, 0.15) is 11.1 Å². The van der Waals surface area contributed by atoms with Crippen molar-refractivity contribution in [1.82, 2.24) is 44.4 Å². The van der Waals surface area contributed by atoms with Gasteiger partial charge in [-0.2, -0.15) is 15.1 Å². The Morgan fingerprint density at radius 1 is 1.19 bits per heavy atom. The number of methoxy groups -OCH3 is 1. The summed E-state index contributed by atoms with van der Waals surface area (Å²) >= 11 is 0. The molecule has 0 spiro atoms. The van der Waals surface area contributed by atoms with E-state index in [-0.39, 0.29) is 6.54 Å². The first-order valence-electron chi connectivity index (χ1n) is 9.57. The minimum Gasteiger partial charge on any atom is -0.380 e. The lowest BCUT2D eigenvalue weighted by molar-refractivity contribution is 0.186. The summed E-state index contributed by atoms with van der Waals surface area (Å²) in [7, 11) is 1.66. The van der Waals surface area contributed by atoms with Gasteiger partial charge in [0.15, 0.2) is 5.65 Å². The number of rotatable bonds is 8. The van der Waals surface area contributed by atoms with Crippen LogP contribution in [0.3, 0.4) is 0 Å². The van der Waals surface area contributed by atoms with Gasteiger partial charge in [-0.1, -0.05) is 10.4 Å². The molecule has 0 fully saturated rings. The van der Waals surface area contributed by atoms with Gasteiger partial charge in [-0.15, -0.1) is 5.10 Å². The van der Waals surface area contributed by atoms with Gasteiger partial charge in [0.2, 0.25) is 5.65 Å². The van der Waals surface area contributed by atoms with Gasteiger partial charge < -0.3 is 4.74 Å². The Bertz CT molecular complexity index is 1370. The van der Waals surface area contributed by atoms with Crippen LogP contribution in [-0.4, -0.2) is 58.0 Å². The third kappa shape index (κ3) is 3.64. The molecule has 0 radical (unpaired) electrons. The number of hydrogen-bond donors (Lipinski definition) is 0. The Hall–Kier alpha value is -4.06. The third-order valence-electron chi connectivity index (χ3n) is 4.87. The molecule has 0 atom stereocenters. The number of ether oxygens (including phenoxy) is 1. The molecule has 5 heterocycles. The summed E-state index contributed by atoms with van der Waals surface area (Å²) < 4.78 is 10.4. The monoisotopic (exact) mass is 418 g/mol. The van der Waals surface area contributed by atoms with Crippen molar-refractivity contribution in [2.24, 2.45) is 5.18 Å². The summed E-state index contributed by atoms with van der Waals surface area (Å²) in [5.41, 5.74) is 5.49. The third-order valence-corrected chi connectivity index (χ3v) is 4.87. The topological polar surface area (TPSA) is 130 Å². The molecular formula is C19H18N10O2. The molecule has 0 amide bonds. The summed E-state index contributed by atoms with van der Waals surface area (Å²) in [5, 5.41) is 19.8. The minimum absolute atomic E-state index is 0.163. The van der Waals surface area contributed by atoms with E-state index in [1.807, 2.05) is 16.8 Å². The Labute approximate surface area is 175 Å². The van der Waals surface area contributed by atoms with Gasteiger partial charge in [-0.05, 0) is 17.7 Å². The van der Waals surface area contributed by atoms with Crippen molar-refractivity contribution in [3.8, 4) is 11.3 Å². The minimum atomic E-state index is 0.163. The maximum atomic E-state index is 10.3. The number of pyridine rings is 1. The predicted octanol–water partition coefficient (Wildman–Crippen LogP) is 1.69. The molecule has 0 N–H and O–H groups in total. The lowest BCUT2D eigenvalue weighted by atomic mass is 10.2. The van der Waals surface area contributed by atoms with Crippen LogP contribution in [0.25, 0.3) is 28.1 Å². The maximum Gasteiger partial charge on any atom is 0.221 e. The van der Waals surface area contributed by atoms with Crippen LogP contribution in [0, 0.1) is 4.91 Å². The van der Waals surface area contributed by atoms with E-state index in [1.165, 1.54) is 0 Å². The summed E-state index contributed by atoms with van der Waals surface area (Å²) in [6.45, 7) is 1.55. The van der Waals surface area contributed by atoms with E-state index in [2.05, 4.69) is 36.7 Å². The van der Waals surface area contributed by atoms with Crippen molar-refractivity contribution in [3.63, 3.8) is 0 Å². The van der Waals surface area contributed by atoms with Crippen LogP contribution in [-0.2, 0) is 24.4 Å². The molecule has 0 aliphatic rings. The van der Waals surface area contributed by atoms with Crippen LogP contribution in [0.4, 0.5) is 0 Å².